The van der Waals surface area contributed by atoms with Crippen molar-refractivity contribution < 1.29 is 9.59 Å². The molecule has 0 bridgehead atoms. The summed E-state index contributed by atoms with van der Waals surface area (Å²) in [5, 5.41) is 0. The van der Waals surface area contributed by atoms with Crippen LogP contribution in [0.15, 0.2) is 0 Å². The molecule has 0 unspecified atom stereocenters. The van der Waals surface area contributed by atoms with Crippen molar-refractivity contribution in [3.8, 4) is 0 Å². The predicted molar refractivity (Wildman–Crippen MR) is 46.3 cm³/mol. The summed E-state index contributed by atoms with van der Waals surface area (Å²) >= 11 is 0. The summed E-state index contributed by atoms with van der Waals surface area (Å²) in [6.07, 6.45) is 2.19. The average molecular weight is 172 g/mol. The van der Waals surface area contributed by atoms with Gasteiger partial charge in [-0.1, -0.05) is 13.3 Å². The number of hydrogen-bond acceptors (Lipinski definition) is 3. The Kier molecular flexibility index (Phi) is 5.28. The highest BCUT2D eigenvalue weighted by Gasteiger charge is 2.14. The molecular weight excluding hydrogens is 156 g/mol. The van der Waals surface area contributed by atoms with Crippen LogP contribution in [0.25, 0.3) is 0 Å². The van der Waals surface area contributed by atoms with Crippen molar-refractivity contribution in [3.63, 3.8) is 0 Å². The molecule has 1 amide bonds. The number of hydrogen-bond donors (Lipinski definition) is 2. The zero-order chi connectivity index (χ0) is 9.56. The van der Waals surface area contributed by atoms with E-state index in [9.17, 15) is 9.59 Å². The molecule has 4 heteroatoms. The number of unbranched alkanes of at least 4 members (excludes halogenated alkanes) is 1. The Morgan fingerprint density at radius 1 is 1.42 bits per heavy atom. The van der Waals surface area contributed by atoms with Crippen LogP contribution in [0, 0.1) is 0 Å². The van der Waals surface area contributed by atoms with Gasteiger partial charge in [-0.25, -0.2) is 0 Å². The number of amides is 1. The van der Waals surface area contributed by atoms with Crippen molar-refractivity contribution in [1.29, 1.82) is 0 Å². The summed E-state index contributed by atoms with van der Waals surface area (Å²) in [7, 11) is 0. The van der Waals surface area contributed by atoms with Gasteiger partial charge in [-0.3, -0.25) is 9.59 Å². The summed E-state index contributed by atoms with van der Waals surface area (Å²) in [6, 6.07) is -0.700. The molecule has 0 aliphatic carbocycles. The van der Waals surface area contributed by atoms with Crippen LogP contribution in [0.4, 0.5) is 0 Å². The summed E-state index contributed by atoms with van der Waals surface area (Å²) in [5.41, 5.74) is 10.3. The van der Waals surface area contributed by atoms with Crippen molar-refractivity contribution >= 4 is 11.7 Å². The first kappa shape index (κ1) is 11.1. The summed E-state index contributed by atoms with van der Waals surface area (Å²) in [5.74, 6) is -0.594. The third-order valence-electron chi connectivity index (χ3n) is 1.61. The summed E-state index contributed by atoms with van der Waals surface area (Å²) in [4.78, 5) is 21.5. The Morgan fingerprint density at radius 3 is 2.42 bits per heavy atom. The molecule has 1 atom stereocenters. The zero-order valence-electron chi connectivity index (χ0n) is 7.38. The molecule has 70 valence electrons. The van der Waals surface area contributed by atoms with Crippen molar-refractivity contribution in [3.05, 3.63) is 0 Å². The molecule has 0 heterocycles. The lowest BCUT2D eigenvalue weighted by molar-refractivity contribution is -0.125. The van der Waals surface area contributed by atoms with Gasteiger partial charge in [0.2, 0.25) is 5.91 Å². The molecule has 0 spiro atoms. The first-order chi connectivity index (χ1) is 5.57. The third kappa shape index (κ3) is 4.85. The van der Waals surface area contributed by atoms with E-state index < -0.39 is 11.9 Å². The van der Waals surface area contributed by atoms with E-state index in [-0.39, 0.29) is 12.2 Å². The van der Waals surface area contributed by atoms with E-state index in [0.717, 1.165) is 12.8 Å². The second-order valence-electron chi connectivity index (χ2n) is 2.85. The highest BCUT2D eigenvalue weighted by Crippen LogP contribution is 1.99. The predicted octanol–water partition coefficient (Wildman–Crippen LogP) is -0.0516. The molecule has 0 aromatic heterocycles. The second kappa shape index (κ2) is 5.71. The van der Waals surface area contributed by atoms with Crippen LogP contribution in [-0.2, 0) is 9.59 Å². The van der Waals surface area contributed by atoms with Gasteiger partial charge in [0, 0.05) is 12.8 Å². The van der Waals surface area contributed by atoms with Crippen molar-refractivity contribution in [2.75, 3.05) is 0 Å². The van der Waals surface area contributed by atoms with Gasteiger partial charge in [0.15, 0.2) is 0 Å². The third-order valence-corrected chi connectivity index (χ3v) is 1.61. The second-order valence-corrected chi connectivity index (χ2v) is 2.85. The summed E-state index contributed by atoms with van der Waals surface area (Å²) < 4.78 is 0. The maximum absolute atomic E-state index is 11.1. The van der Waals surface area contributed by atoms with Crippen LogP contribution >= 0.6 is 0 Å². The number of ketones is 1. The monoisotopic (exact) mass is 172 g/mol. The number of nitrogens with two attached hydrogens (primary N) is 2. The molecule has 0 aliphatic rings. The van der Waals surface area contributed by atoms with E-state index in [0.29, 0.717) is 6.42 Å². The number of rotatable bonds is 6. The maximum Gasteiger partial charge on any atom is 0.219 e. The molecule has 0 radical (unpaired) electrons. The van der Waals surface area contributed by atoms with Gasteiger partial charge in [0.1, 0.15) is 5.78 Å². The minimum absolute atomic E-state index is 0.0391. The van der Waals surface area contributed by atoms with Crippen LogP contribution in [0.1, 0.15) is 32.6 Å². The lowest BCUT2D eigenvalue weighted by Gasteiger charge is -2.06. The van der Waals surface area contributed by atoms with Gasteiger partial charge in [-0.2, -0.15) is 0 Å². The lowest BCUT2D eigenvalue weighted by atomic mass is 10.0. The molecule has 0 aromatic carbocycles. The minimum atomic E-state index is -0.700. The van der Waals surface area contributed by atoms with E-state index in [1.54, 1.807) is 0 Å². The number of Topliss-reactive ketones (excluding diaryl/α,β-unsaturated/α-hetero) is 1. The standard InChI is InChI=1S/C8H16N2O2/c1-2-3-4-7(11)6(9)5-8(10)12/h6H,2-5,9H2,1H3,(H2,10,12)/t6-/m0/s1. The van der Waals surface area contributed by atoms with Crippen LogP contribution in [0.3, 0.4) is 0 Å². The van der Waals surface area contributed by atoms with Crippen LogP contribution < -0.4 is 11.5 Å². The van der Waals surface area contributed by atoms with Crippen molar-refractivity contribution in [1.82, 2.24) is 0 Å². The Hall–Kier alpha value is -0.900. The molecule has 0 saturated heterocycles. The van der Waals surface area contributed by atoms with Gasteiger partial charge in [-0.15, -0.1) is 0 Å². The Labute approximate surface area is 72.3 Å². The van der Waals surface area contributed by atoms with E-state index in [1.165, 1.54) is 0 Å². The van der Waals surface area contributed by atoms with Crippen LogP contribution in [0.2, 0.25) is 0 Å². The van der Waals surface area contributed by atoms with Gasteiger partial charge in [-0.05, 0) is 6.42 Å². The topological polar surface area (TPSA) is 86.2 Å². The average Bonchev–Trinajstić information content (AvgIpc) is 1.98. The van der Waals surface area contributed by atoms with Gasteiger partial charge >= 0.3 is 0 Å². The fourth-order valence-corrected chi connectivity index (χ4v) is 0.867. The molecule has 4 nitrogen and oxygen atoms in total. The van der Waals surface area contributed by atoms with Gasteiger partial charge in [0.25, 0.3) is 0 Å². The van der Waals surface area contributed by atoms with Crippen molar-refractivity contribution in [2.45, 2.75) is 38.6 Å². The van der Waals surface area contributed by atoms with Gasteiger partial charge in [0.05, 0.1) is 6.04 Å². The van der Waals surface area contributed by atoms with E-state index in [2.05, 4.69) is 0 Å². The Balaban J connectivity index is 3.69. The first-order valence-electron chi connectivity index (χ1n) is 4.14. The number of carbonyl (C=O) groups excluding carboxylic acids is 2. The zero-order valence-corrected chi connectivity index (χ0v) is 7.38. The van der Waals surface area contributed by atoms with Crippen LogP contribution in [-0.4, -0.2) is 17.7 Å². The molecule has 12 heavy (non-hydrogen) atoms. The molecule has 0 aromatic rings. The molecular formula is C8H16N2O2. The van der Waals surface area contributed by atoms with Gasteiger partial charge < -0.3 is 11.5 Å². The SMILES string of the molecule is CCCCC(=O)[C@@H](N)CC(N)=O. The van der Waals surface area contributed by atoms with E-state index in [4.69, 9.17) is 11.5 Å². The molecule has 4 N–H and O–H groups in total. The Bertz CT molecular complexity index is 168. The summed E-state index contributed by atoms with van der Waals surface area (Å²) in [6.45, 7) is 1.99. The normalized spacial score (nSPS) is 12.5. The fraction of sp³-hybridized carbons (Fsp3) is 0.750. The minimum Gasteiger partial charge on any atom is -0.370 e. The highest BCUT2D eigenvalue weighted by molar-refractivity contribution is 5.88. The van der Waals surface area contributed by atoms with E-state index >= 15 is 0 Å². The molecule has 0 saturated carbocycles. The molecule has 0 fully saturated rings. The molecule has 0 aliphatic heterocycles. The smallest absolute Gasteiger partial charge is 0.219 e. The largest absolute Gasteiger partial charge is 0.370 e. The number of primary amides is 1. The quantitative estimate of drug-likeness (QED) is 0.589. The van der Waals surface area contributed by atoms with E-state index in [1.807, 2.05) is 6.92 Å². The fourth-order valence-electron chi connectivity index (χ4n) is 0.867. The first-order valence-corrected chi connectivity index (χ1v) is 4.14. The number of carbonyl (C=O) groups is 2. The highest BCUT2D eigenvalue weighted by atomic mass is 16.1. The Morgan fingerprint density at radius 2 is 2.00 bits per heavy atom. The maximum atomic E-state index is 11.1. The lowest BCUT2D eigenvalue weighted by Crippen LogP contribution is -2.34. The van der Waals surface area contributed by atoms with Crippen LogP contribution in [0.5, 0.6) is 0 Å². The van der Waals surface area contributed by atoms with Crippen molar-refractivity contribution in [2.24, 2.45) is 11.5 Å². The molecule has 0 rings (SSSR count).